The third kappa shape index (κ3) is 4.42. The summed E-state index contributed by atoms with van der Waals surface area (Å²) < 4.78 is 0. The fourth-order valence-electron chi connectivity index (χ4n) is 4.12. The van der Waals surface area contributed by atoms with Gasteiger partial charge in [-0.25, -0.2) is 0 Å². The van der Waals surface area contributed by atoms with Crippen molar-refractivity contribution in [1.82, 2.24) is 0 Å². The van der Waals surface area contributed by atoms with Gasteiger partial charge in [0.05, 0.1) is 5.02 Å². The number of benzene rings is 2. The molecular weight excluding hydrogens is 352 g/mol. The second-order valence-corrected chi connectivity index (χ2v) is 8.10. The summed E-state index contributed by atoms with van der Waals surface area (Å²) in [6.45, 7) is 6.39. The highest BCUT2D eigenvalue weighted by Crippen LogP contribution is 2.45. The summed E-state index contributed by atoms with van der Waals surface area (Å²) in [4.78, 5) is 13.7. The fourth-order valence-corrected chi connectivity index (χ4v) is 4.35. The van der Waals surface area contributed by atoms with Gasteiger partial charge in [0.2, 0.25) is 0 Å². The van der Waals surface area contributed by atoms with E-state index < -0.39 is 0 Å². The SMILES string of the molecule is CC(C)=CC[C@@H]1C(C)=CC[C@@H](c2ccccc2)[C@@H]1C(=O)c1ccccc1Cl. The summed E-state index contributed by atoms with van der Waals surface area (Å²) in [6.07, 6.45) is 6.34. The van der Waals surface area contributed by atoms with E-state index in [-0.39, 0.29) is 23.5 Å². The van der Waals surface area contributed by atoms with Crippen molar-refractivity contribution < 1.29 is 4.79 Å². The van der Waals surface area contributed by atoms with Gasteiger partial charge in [-0.3, -0.25) is 4.79 Å². The molecule has 0 saturated heterocycles. The smallest absolute Gasteiger partial charge is 0.168 e. The number of carbonyl (C=O) groups is 1. The van der Waals surface area contributed by atoms with Gasteiger partial charge in [0.1, 0.15) is 0 Å². The van der Waals surface area contributed by atoms with Crippen molar-refractivity contribution in [2.75, 3.05) is 0 Å². The number of hydrogen-bond acceptors (Lipinski definition) is 1. The third-order valence-corrected chi connectivity index (χ3v) is 5.93. The lowest BCUT2D eigenvalue weighted by molar-refractivity contribution is 0.0850. The molecule has 0 unspecified atom stereocenters. The molecule has 27 heavy (non-hydrogen) atoms. The van der Waals surface area contributed by atoms with Crippen molar-refractivity contribution in [3.8, 4) is 0 Å². The van der Waals surface area contributed by atoms with Crippen LogP contribution in [0.1, 0.15) is 55.5 Å². The lowest BCUT2D eigenvalue weighted by Gasteiger charge is -2.37. The maximum atomic E-state index is 13.7. The van der Waals surface area contributed by atoms with Crippen molar-refractivity contribution in [1.29, 1.82) is 0 Å². The van der Waals surface area contributed by atoms with Crippen LogP contribution in [0, 0.1) is 11.8 Å². The minimum atomic E-state index is -0.104. The summed E-state index contributed by atoms with van der Waals surface area (Å²) in [5, 5.41) is 0.544. The third-order valence-electron chi connectivity index (χ3n) is 5.60. The molecular formula is C25H27ClO. The zero-order valence-corrected chi connectivity index (χ0v) is 17.0. The van der Waals surface area contributed by atoms with E-state index in [2.05, 4.69) is 57.2 Å². The molecule has 1 aliphatic rings. The minimum Gasteiger partial charge on any atom is -0.294 e. The molecule has 0 saturated carbocycles. The molecule has 0 fully saturated rings. The predicted octanol–water partition coefficient (Wildman–Crippen LogP) is 7.25. The van der Waals surface area contributed by atoms with Crippen LogP contribution in [0.3, 0.4) is 0 Å². The van der Waals surface area contributed by atoms with Crippen LogP contribution in [-0.4, -0.2) is 5.78 Å². The number of halogens is 1. The largest absolute Gasteiger partial charge is 0.294 e. The first-order valence-corrected chi connectivity index (χ1v) is 10.0. The molecule has 0 aliphatic heterocycles. The quantitative estimate of drug-likeness (QED) is 0.395. The van der Waals surface area contributed by atoms with Crippen LogP contribution in [0.4, 0.5) is 0 Å². The molecule has 0 amide bonds. The van der Waals surface area contributed by atoms with Gasteiger partial charge in [-0.1, -0.05) is 77.4 Å². The summed E-state index contributed by atoms with van der Waals surface area (Å²) in [6, 6.07) is 17.9. The molecule has 0 radical (unpaired) electrons. The average Bonchev–Trinajstić information content (AvgIpc) is 2.67. The molecule has 2 aromatic carbocycles. The molecule has 3 atom stereocenters. The van der Waals surface area contributed by atoms with Gasteiger partial charge in [-0.2, -0.15) is 0 Å². The second kappa shape index (κ2) is 8.71. The van der Waals surface area contributed by atoms with Crippen molar-refractivity contribution in [2.24, 2.45) is 11.8 Å². The Morgan fingerprint density at radius 3 is 2.41 bits per heavy atom. The van der Waals surface area contributed by atoms with Gasteiger partial charge >= 0.3 is 0 Å². The summed E-state index contributed by atoms with van der Waals surface area (Å²) >= 11 is 6.40. The van der Waals surface area contributed by atoms with Gasteiger partial charge in [-0.05, 0) is 63.1 Å². The Morgan fingerprint density at radius 2 is 1.74 bits per heavy atom. The van der Waals surface area contributed by atoms with E-state index in [9.17, 15) is 4.79 Å². The standard InChI is InChI=1S/C25H27ClO/c1-17(2)13-15-20-18(3)14-16-21(19-9-5-4-6-10-19)24(20)25(27)22-11-7-8-12-23(22)26/h4-14,20-21,24H,15-16H2,1-3H3/t20-,21+,24-/m1/s1. The molecule has 2 aromatic rings. The molecule has 0 heterocycles. The van der Waals surface area contributed by atoms with Crippen LogP contribution in [0.25, 0.3) is 0 Å². The Balaban J connectivity index is 2.07. The van der Waals surface area contributed by atoms with Crippen LogP contribution in [-0.2, 0) is 0 Å². The lowest BCUT2D eigenvalue weighted by Crippen LogP contribution is -2.33. The van der Waals surface area contributed by atoms with Gasteiger partial charge in [0.25, 0.3) is 0 Å². The summed E-state index contributed by atoms with van der Waals surface area (Å²) in [5.41, 5.74) is 4.47. The number of rotatable bonds is 5. The van der Waals surface area contributed by atoms with Crippen molar-refractivity contribution in [3.05, 3.63) is 94.0 Å². The van der Waals surface area contributed by atoms with Crippen LogP contribution >= 0.6 is 11.6 Å². The molecule has 0 spiro atoms. The topological polar surface area (TPSA) is 17.1 Å². The van der Waals surface area contributed by atoms with Crippen molar-refractivity contribution in [2.45, 2.75) is 39.5 Å². The molecule has 0 aromatic heterocycles. The van der Waals surface area contributed by atoms with E-state index in [0.717, 1.165) is 12.8 Å². The molecule has 1 aliphatic carbocycles. The fraction of sp³-hybridized carbons (Fsp3) is 0.320. The highest BCUT2D eigenvalue weighted by molar-refractivity contribution is 6.34. The Bertz CT molecular complexity index is 859. The van der Waals surface area contributed by atoms with E-state index in [1.54, 1.807) is 0 Å². The summed E-state index contributed by atoms with van der Waals surface area (Å²) in [7, 11) is 0. The molecule has 1 nitrogen and oxygen atoms in total. The molecule has 2 heteroatoms. The molecule has 0 N–H and O–H groups in total. The minimum absolute atomic E-state index is 0.104. The van der Waals surface area contributed by atoms with Gasteiger partial charge < -0.3 is 0 Å². The first-order valence-electron chi connectivity index (χ1n) is 9.62. The highest BCUT2D eigenvalue weighted by Gasteiger charge is 2.39. The van der Waals surface area contributed by atoms with Crippen LogP contribution < -0.4 is 0 Å². The van der Waals surface area contributed by atoms with E-state index in [1.807, 2.05) is 30.3 Å². The van der Waals surface area contributed by atoms with Crippen LogP contribution in [0.5, 0.6) is 0 Å². The number of Topliss-reactive ketones (excluding diaryl/α,β-unsaturated/α-hetero) is 1. The number of hydrogen-bond donors (Lipinski definition) is 0. The number of carbonyl (C=O) groups excluding carboxylic acids is 1. The van der Waals surface area contributed by atoms with Gasteiger partial charge in [0, 0.05) is 11.5 Å². The monoisotopic (exact) mass is 378 g/mol. The Kier molecular flexibility index (Phi) is 6.34. The zero-order chi connectivity index (χ0) is 19.4. The number of allylic oxidation sites excluding steroid dienone is 4. The Labute approximate surface area is 167 Å². The first kappa shape index (κ1) is 19.6. The maximum Gasteiger partial charge on any atom is 0.168 e. The maximum absolute atomic E-state index is 13.7. The van der Waals surface area contributed by atoms with Crippen LogP contribution in [0.15, 0.2) is 77.9 Å². The molecule has 3 rings (SSSR count). The zero-order valence-electron chi connectivity index (χ0n) is 16.3. The number of ketones is 1. The average molecular weight is 379 g/mol. The van der Waals surface area contributed by atoms with E-state index >= 15 is 0 Å². The molecule has 0 bridgehead atoms. The van der Waals surface area contributed by atoms with E-state index in [1.165, 1.54) is 16.7 Å². The Morgan fingerprint density at radius 1 is 1.07 bits per heavy atom. The predicted molar refractivity (Wildman–Crippen MR) is 114 cm³/mol. The van der Waals surface area contributed by atoms with Crippen LogP contribution in [0.2, 0.25) is 5.02 Å². The van der Waals surface area contributed by atoms with E-state index in [4.69, 9.17) is 11.6 Å². The second-order valence-electron chi connectivity index (χ2n) is 7.69. The summed E-state index contributed by atoms with van der Waals surface area (Å²) in [5.74, 6) is 0.429. The van der Waals surface area contributed by atoms with Crippen molar-refractivity contribution in [3.63, 3.8) is 0 Å². The lowest BCUT2D eigenvalue weighted by atomic mass is 9.66. The Hall–Kier alpha value is -2.12. The van der Waals surface area contributed by atoms with E-state index in [0.29, 0.717) is 10.6 Å². The highest BCUT2D eigenvalue weighted by atomic mass is 35.5. The van der Waals surface area contributed by atoms with Gasteiger partial charge in [-0.15, -0.1) is 0 Å². The van der Waals surface area contributed by atoms with Crippen molar-refractivity contribution >= 4 is 17.4 Å². The molecule has 140 valence electrons. The normalized spacial score (nSPS) is 22.1. The van der Waals surface area contributed by atoms with Gasteiger partial charge in [0.15, 0.2) is 5.78 Å². The first-order chi connectivity index (χ1) is 13.0.